The largest absolute Gasteiger partial charge is 0.314 e. The zero-order valence-electron chi connectivity index (χ0n) is 12.5. The van der Waals surface area contributed by atoms with Crippen molar-refractivity contribution < 1.29 is 8.42 Å². The van der Waals surface area contributed by atoms with Gasteiger partial charge in [0.25, 0.3) is 0 Å². The molecule has 0 bridgehead atoms. The van der Waals surface area contributed by atoms with E-state index in [1.807, 2.05) is 19.9 Å². The smallest absolute Gasteiger partial charge is 0.220 e. The minimum Gasteiger partial charge on any atom is -0.314 e. The van der Waals surface area contributed by atoms with E-state index in [9.17, 15) is 13.7 Å². The average molecular weight is 345 g/mol. The summed E-state index contributed by atoms with van der Waals surface area (Å²) in [5, 5.41) is 9.84. The number of allylic oxidation sites excluding steroid dienone is 1. The molecule has 0 N–H and O–H groups in total. The topological polar surface area (TPSA) is 61.2 Å². The predicted octanol–water partition coefficient (Wildman–Crippen LogP) is 4.25. The maximum Gasteiger partial charge on any atom is 0.220 e. The van der Waals surface area contributed by atoms with Gasteiger partial charge >= 0.3 is 0 Å². The number of rotatable bonds is 1. The summed E-state index contributed by atoms with van der Waals surface area (Å²) in [5.74, 6) is 0. The molecule has 0 radical (unpaired) electrons. The Morgan fingerprint density at radius 1 is 1.09 bits per heavy atom. The summed E-state index contributed by atoms with van der Waals surface area (Å²) in [4.78, 5) is 1.59. The van der Waals surface area contributed by atoms with Crippen molar-refractivity contribution in [1.29, 1.82) is 5.26 Å². The summed E-state index contributed by atoms with van der Waals surface area (Å²) in [6.07, 6.45) is 1.37. The Balaban J connectivity index is 2.33. The zero-order chi connectivity index (χ0) is 16.8. The summed E-state index contributed by atoms with van der Waals surface area (Å²) >= 11 is 6.00. The van der Waals surface area contributed by atoms with E-state index in [0.717, 1.165) is 16.8 Å². The number of fused-ring (bicyclic) bond motifs is 1. The van der Waals surface area contributed by atoms with Crippen LogP contribution in [0, 0.1) is 25.2 Å². The maximum absolute atomic E-state index is 12.5. The molecule has 3 rings (SSSR count). The fraction of sp³-hybridized carbons (Fsp3) is 0.118. The van der Waals surface area contributed by atoms with Gasteiger partial charge in [0, 0.05) is 16.9 Å². The lowest BCUT2D eigenvalue weighted by atomic mass is 10.1. The van der Waals surface area contributed by atoms with Crippen molar-refractivity contribution in [3.05, 3.63) is 63.7 Å². The number of hydrogen-bond acceptors (Lipinski definition) is 4. The first-order valence-electron chi connectivity index (χ1n) is 6.87. The van der Waals surface area contributed by atoms with Gasteiger partial charge < -0.3 is 4.90 Å². The molecule has 1 heterocycles. The molecule has 2 aromatic rings. The Bertz CT molecular complexity index is 988. The molecule has 0 aliphatic carbocycles. The van der Waals surface area contributed by atoms with Gasteiger partial charge in [0.1, 0.15) is 6.07 Å². The molecule has 1 aliphatic heterocycles. The molecule has 23 heavy (non-hydrogen) atoms. The Labute approximate surface area is 140 Å². The summed E-state index contributed by atoms with van der Waals surface area (Å²) in [6.45, 7) is 3.78. The summed E-state index contributed by atoms with van der Waals surface area (Å²) in [6, 6.07) is 12.2. The molecule has 6 heteroatoms. The van der Waals surface area contributed by atoms with Gasteiger partial charge in [0.05, 0.1) is 10.6 Å². The van der Waals surface area contributed by atoms with E-state index < -0.39 is 9.84 Å². The molecular weight excluding hydrogens is 332 g/mol. The van der Waals surface area contributed by atoms with Crippen LogP contribution in [0.2, 0.25) is 5.02 Å². The molecule has 0 aromatic heterocycles. The fourth-order valence-electron chi connectivity index (χ4n) is 2.59. The summed E-state index contributed by atoms with van der Waals surface area (Å²) < 4.78 is 25.0. The minimum atomic E-state index is -3.78. The zero-order valence-corrected chi connectivity index (χ0v) is 14.1. The SMILES string of the molecule is Cc1ccc2c(c1)N(c1ccc(Cl)cc1C)C=C(C#N)S2(=O)=O. The molecular formula is C17H13ClN2O2S. The number of hydrogen-bond donors (Lipinski definition) is 0. The number of benzene rings is 2. The molecule has 0 amide bonds. The van der Waals surface area contributed by atoms with Gasteiger partial charge in [0.2, 0.25) is 9.84 Å². The van der Waals surface area contributed by atoms with E-state index in [4.69, 9.17) is 11.6 Å². The predicted molar refractivity (Wildman–Crippen MR) is 90.4 cm³/mol. The Morgan fingerprint density at radius 2 is 1.83 bits per heavy atom. The lowest BCUT2D eigenvalue weighted by Gasteiger charge is -2.29. The maximum atomic E-state index is 12.5. The first kappa shape index (κ1) is 15.6. The summed E-state index contributed by atoms with van der Waals surface area (Å²) in [7, 11) is -3.78. The van der Waals surface area contributed by atoms with Gasteiger partial charge in [-0.05, 0) is 55.3 Å². The Kier molecular flexibility index (Phi) is 3.67. The van der Waals surface area contributed by atoms with Crippen LogP contribution in [0.25, 0.3) is 0 Å². The highest BCUT2D eigenvalue weighted by Crippen LogP contribution is 2.41. The Morgan fingerprint density at radius 3 is 2.48 bits per heavy atom. The molecule has 1 aliphatic rings. The van der Waals surface area contributed by atoms with Gasteiger partial charge in [-0.25, -0.2) is 8.42 Å². The first-order chi connectivity index (χ1) is 10.8. The number of sulfone groups is 1. The molecule has 0 fully saturated rings. The Hall–Kier alpha value is -2.29. The number of anilines is 2. The van der Waals surface area contributed by atoms with Crippen molar-refractivity contribution in [1.82, 2.24) is 0 Å². The van der Waals surface area contributed by atoms with Crippen LogP contribution >= 0.6 is 11.6 Å². The monoisotopic (exact) mass is 344 g/mol. The van der Waals surface area contributed by atoms with Crippen molar-refractivity contribution in [2.75, 3.05) is 4.90 Å². The molecule has 0 spiro atoms. The van der Waals surface area contributed by atoms with Gasteiger partial charge in [0.15, 0.2) is 4.91 Å². The van der Waals surface area contributed by atoms with Gasteiger partial charge in [-0.1, -0.05) is 17.7 Å². The molecule has 0 saturated carbocycles. The quantitative estimate of drug-likeness (QED) is 0.776. The van der Waals surface area contributed by atoms with E-state index in [1.54, 1.807) is 41.3 Å². The van der Waals surface area contributed by atoms with Crippen LogP contribution in [-0.2, 0) is 9.84 Å². The second kappa shape index (κ2) is 5.41. The van der Waals surface area contributed by atoms with Crippen molar-refractivity contribution >= 4 is 32.8 Å². The van der Waals surface area contributed by atoms with E-state index in [1.165, 1.54) is 6.20 Å². The third kappa shape index (κ3) is 2.50. The number of nitriles is 1. The number of halogens is 1. The first-order valence-corrected chi connectivity index (χ1v) is 8.74. The molecule has 116 valence electrons. The highest BCUT2D eigenvalue weighted by Gasteiger charge is 2.32. The normalized spacial score (nSPS) is 15.6. The standard InChI is InChI=1S/C17H13ClN2O2S/c1-11-3-6-17-16(7-11)20(10-14(9-19)23(17,21)22)15-5-4-13(18)8-12(15)2/h3-8,10H,1-2H3. The van der Waals surface area contributed by atoms with Crippen LogP contribution < -0.4 is 4.90 Å². The van der Waals surface area contributed by atoms with Crippen molar-refractivity contribution in [2.24, 2.45) is 0 Å². The van der Waals surface area contributed by atoms with Crippen LogP contribution in [-0.4, -0.2) is 8.42 Å². The lowest BCUT2D eigenvalue weighted by molar-refractivity contribution is 0.602. The highest BCUT2D eigenvalue weighted by atomic mass is 35.5. The van der Waals surface area contributed by atoms with E-state index in [0.29, 0.717) is 10.7 Å². The number of aryl methyl sites for hydroxylation is 2. The van der Waals surface area contributed by atoms with Crippen molar-refractivity contribution in [3.63, 3.8) is 0 Å². The second-order valence-electron chi connectivity index (χ2n) is 5.38. The van der Waals surface area contributed by atoms with Crippen molar-refractivity contribution in [3.8, 4) is 6.07 Å². The molecule has 4 nitrogen and oxygen atoms in total. The summed E-state index contributed by atoms with van der Waals surface area (Å²) in [5.41, 5.74) is 3.14. The molecule has 0 saturated heterocycles. The van der Waals surface area contributed by atoms with E-state index in [2.05, 4.69) is 0 Å². The van der Waals surface area contributed by atoms with Crippen LogP contribution in [0.5, 0.6) is 0 Å². The molecule has 0 unspecified atom stereocenters. The molecule has 0 atom stereocenters. The van der Waals surface area contributed by atoms with Crippen LogP contribution in [0.3, 0.4) is 0 Å². The average Bonchev–Trinajstić information content (AvgIpc) is 2.48. The highest BCUT2D eigenvalue weighted by molar-refractivity contribution is 7.95. The second-order valence-corrected chi connectivity index (χ2v) is 7.70. The van der Waals surface area contributed by atoms with E-state index >= 15 is 0 Å². The lowest BCUT2D eigenvalue weighted by Crippen LogP contribution is -2.22. The fourth-order valence-corrected chi connectivity index (χ4v) is 4.10. The third-order valence-corrected chi connectivity index (χ3v) is 5.66. The minimum absolute atomic E-state index is 0.136. The van der Waals surface area contributed by atoms with Crippen molar-refractivity contribution in [2.45, 2.75) is 18.7 Å². The van der Waals surface area contributed by atoms with Gasteiger partial charge in [-0.2, -0.15) is 5.26 Å². The van der Waals surface area contributed by atoms with Crippen LogP contribution in [0.1, 0.15) is 11.1 Å². The van der Waals surface area contributed by atoms with Crippen LogP contribution in [0.15, 0.2) is 52.4 Å². The molecule has 2 aromatic carbocycles. The number of nitrogens with zero attached hydrogens (tertiary/aromatic N) is 2. The van der Waals surface area contributed by atoms with E-state index in [-0.39, 0.29) is 9.80 Å². The van der Waals surface area contributed by atoms with Gasteiger partial charge in [-0.15, -0.1) is 0 Å². The van der Waals surface area contributed by atoms with Crippen LogP contribution in [0.4, 0.5) is 11.4 Å². The third-order valence-electron chi connectivity index (χ3n) is 3.73. The van der Waals surface area contributed by atoms with Gasteiger partial charge in [-0.3, -0.25) is 0 Å².